The fourth-order valence-corrected chi connectivity index (χ4v) is 1.79. The zero-order valence-electron chi connectivity index (χ0n) is 11.6. The van der Waals surface area contributed by atoms with Gasteiger partial charge in [-0.15, -0.1) is 0 Å². The molecular weight excluding hydrogens is 242 g/mol. The van der Waals surface area contributed by atoms with E-state index in [1.807, 2.05) is 25.1 Å². The summed E-state index contributed by atoms with van der Waals surface area (Å²) in [6.07, 6.45) is 1.08. The lowest BCUT2D eigenvalue weighted by atomic mass is 10.1. The van der Waals surface area contributed by atoms with Crippen molar-refractivity contribution in [1.29, 1.82) is 0 Å². The molecule has 1 aromatic carbocycles. The van der Waals surface area contributed by atoms with E-state index in [-0.39, 0.29) is 0 Å². The molecule has 0 atom stereocenters. The minimum Gasteiger partial charge on any atom is -0.496 e. The zero-order valence-corrected chi connectivity index (χ0v) is 11.6. The number of rotatable bonds is 6. The summed E-state index contributed by atoms with van der Waals surface area (Å²) in [7, 11) is 1.64. The van der Waals surface area contributed by atoms with Crippen LogP contribution in [0.15, 0.2) is 22.7 Å². The molecule has 0 aliphatic heterocycles. The standard InChI is InChI=1S/C14H19N3O2/c1-4-7-15-9-13-16-14(17-19-13)11-6-5-10(2)8-12(11)18-3/h5-6,8,15H,4,7,9H2,1-3H3. The van der Waals surface area contributed by atoms with Crippen molar-refractivity contribution < 1.29 is 9.26 Å². The van der Waals surface area contributed by atoms with Crippen molar-refractivity contribution in [2.45, 2.75) is 26.8 Å². The highest BCUT2D eigenvalue weighted by atomic mass is 16.5. The lowest BCUT2D eigenvalue weighted by molar-refractivity contribution is 0.367. The maximum absolute atomic E-state index is 5.35. The van der Waals surface area contributed by atoms with E-state index in [2.05, 4.69) is 22.4 Å². The molecule has 0 spiro atoms. The third kappa shape index (κ3) is 3.32. The van der Waals surface area contributed by atoms with E-state index in [1.165, 1.54) is 0 Å². The Morgan fingerprint density at radius 3 is 2.95 bits per heavy atom. The van der Waals surface area contributed by atoms with Crippen LogP contribution in [0.25, 0.3) is 11.4 Å². The summed E-state index contributed by atoms with van der Waals surface area (Å²) in [5, 5.41) is 7.22. The van der Waals surface area contributed by atoms with Gasteiger partial charge in [0.25, 0.3) is 0 Å². The first-order valence-corrected chi connectivity index (χ1v) is 6.43. The van der Waals surface area contributed by atoms with Gasteiger partial charge in [-0.1, -0.05) is 18.1 Å². The Morgan fingerprint density at radius 1 is 1.37 bits per heavy atom. The van der Waals surface area contributed by atoms with Crippen LogP contribution in [0.2, 0.25) is 0 Å². The molecule has 1 heterocycles. The van der Waals surface area contributed by atoms with Gasteiger partial charge in [0.2, 0.25) is 11.7 Å². The highest BCUT2D eigenvalue weighted by Gasteiger charge is 2.13. The molecule has 0 fully saturated rings. The summed E-state index contributed by atoms with van der Waals surface area (Å²) >= 11 is 0. The molecule has 5 heteroatoms. The minimum absolute atomic E-state index is 0.560. The topological polar surface area (TPSA) is 60.2 Å². The van der Waals surface area contributed by atoms with Crippen LogP contribution in [0.5, 0.6) is 5.75 Å². The van der Waals surface area contributed by atoms with Crippen LogP contribution in [0.3, 0.4) is 0 Å². The molecule has 0 aliphatic rings. The summed E-state index contributed by atoms with van der Waals surface area (Å²) < 4.78 is 10.6. The molecule has 0 bridgehead atoms. The van der Waals surface area contributed by atoms with Crippen LogP contribution in [-0.2, 0) is 6.54 Å². The fraction of sp³-hybridized carbons (Fsp3) is 0.429. The van der Waals surface area contributed by atoms with Crippen LogP contribution in [0.4, 0.5) is 0 Å². The molecule has 0 aliphatic carbocycles. The second-order valence-electron chi connectivity index (χ2n) is 4.39. The van der Waals surface area contributed by atoms with E-state index in [0.717, 1.165) is 29.8 Å². The summed E-state index contributed by atoms with van der Waals surface area (Å²) in [5.74, 6) is 1.91. The van der Waals surface area contributed by atoms with Gasteiger partial charge < -0.3 is 14.6 Å². The average Bonchev–Trinajstić information content (AvgIpc) is 2.87. The third-order valence-electron chi connectivity index (χ3n) is 2.77. The Hall–Kier alpha value is -1.88. The lowest BCUT2D eigenvalue weighted by Gasteiger charge is -2.05. The molecule has 0 unspecified atom stereocenters. The number of hydrogen-bond acceptors (Lipinski definition) is 5. The van der Waals surface area contributed by atoms with Crippen molar-refractivity contribution >= 4 is 0 Å². The number of hydrogen-bond donors (Lipinski definition) is 1. The molecule has 2 aromatic rings. The normalized spacial score (nSPS) is 10.7. The number of ether oxygens (including phenoxy) is 1. The molecule has 2 rings (SSSR count). The van der Waals surface area contributed by atoms with Gasteiger partial charge in [-0.25, -0.2) is 0 Å². The van der Waals surface area contributed by atoms with Gasteiger partial charge in [-0.3, -0.25) is 0 Å². The van der Waals surface area contributed by atoms with Crippen molar-refractivity contribution in [3.8, 4) is 17.1 Å². The Balaban J connectivity index is 2.18. The van der Waals surface area contributed by atoms with Crippen molar-refractivity contribution in [1.82, 2.24) is 15.5 Å². The first kappa shape index (κ1) is 13.5. The van der Waals surface area contributed by atoms with E-state index in [9.17, 15) is 0 Å². The van der Waals surface area contributed by atoms with Crippen LogP contribution >= 0.6 is 0 Å². The number of nitrogens with one attached hydrogen (secondary N) is 1. The molecule has 1 N–H and O–H groups in total. The number of aromatic nitrogens is 2. The zero-order chi connectivity index (χ0) is 13.7. The van der Waals surface area contributed by atoms with E-state index in [1.54, 1.807) is 7.11 Å². The van der Waals surface area contributed by atoms with Gasteiger partial charge >= 0.3 is 0 Å². The summed E-state index contributed by atoms with van der Waals surface area (Å²) in [6, 6.07) is 5.91. The lowest BCUT2D eigenvalue weighted by Crippen LogP contribution is -2.13. The molecule has 0 saturated carbocycles. The summed E-state index contributed by atoms with van der Waals surface area (Å²) in [4.78, 5) is 4.37. The average molecular weight is 261 g/mol. The molecule has 0 radical (unpaired) electrons. The van der Waals surface area contributed by atoms with E-state index < -0.39 is 0 Å². The molecule has 102 valence electrons. The van der Waals surface area contributed by atoms with Crippen molar-refractivity contribution in [3.63, 3.8) is 0 Å². The Morgan fingerprint density at radius 2 is 2.21 bits per heavy atom. The van der Waals surface area contributed by atoms with Crippen molar-refractivity contribution in [2.24, 2.45) is 0 Å². The van der Waals surface area contributed by atoms with E-state index in [4.69, 9.17) is 9.26 Å². The summed E-state index contributed by atoms with van der Waals surface area (Å²) in [6.45, 7) is 5.66. The molecular formula is C14H19N3O2. The molecule has 0 amide bonds. The van der Waals surface area contributed by atoms with Crippen LogP contribution in [-0.4, -0.2) is 23.8 Å². The Kier molecular flexibility index (Phi) is 4.52. The number of benzene rings is 1. The van der Waals surface area contributed by atoms with Crippen LogP contribution in [0.1, 0.15) is 24.8 Å². The Labute approximate surface area is 113 Å². The predicted octanol–water partition coefficient (Wildman–Crippen LogP) is 2.55. The van der Waals surface area contributed by atoms with Gasteiger partial charge in [0, 0.05) is 0 Å². The van der Waals surface area contributed by atoms with Gasteiger partial charge in [0.15, 0.2) is 0 Å². The molecule has 19 heavy (non-hydrogen) atoms. The highest BCUT2D eigenvalue weighted by molar-refractivity contribution is 5.64. The van der Waals surface area contributed by atoms with Crippen molar-refractivity contribution in [2.75, 3.05) is 13.7 Å². The quantitative estimate of drug-likeness (QED) is 0.810. The highest BCUT2D eigenvalue weighted by Crippen LogP contribution is 2.28. The second kappa shape index (κ2) is 6.33. The summed E-state index contributed by atoms with van der Waals surface area (Å²) in [5.41, 5.74) is 1.98. The second-order valence-corrected chi connectivity index (χ2v) is 4.39. The van der Waals surface area contributed by atoms with Gasteiger partial charge in [0.05, 0.1) is 19.2 Å². The maximum atomic E-state index is 5.35. The Bertz CT molecular complexity index is 537. The maximum Gasteiger partial charge on any atom is 0.240 e. The van der Waals surface area contributed by atoms with Gasteiger partial charge in [0.1, 0.15) is 5.75 Å². The van der Waals surface area contributed by atoms with Gasteiger partial charge in [-0.05, 0) is 37.6 Å². The first-order valence-electron chi connectivity index (χ1n) is 6.43. The van der Waals surface area contributed by atoms with Gasteiger partial charge in [-0.2, -0.15) is 4.98 Å². The monoisotopic (exact) mass is 261 g/mol. The number of nitrogens with zero attached hydrogens (tertiary/aromatic N) is 2. The number of methoxy groups -OCH3 is 1. The third-order valence-corrected chi connectivity index (χ3v) is 2.77. The molecule has 0 saturated heterocycles. The minimum atomic E-state index is 0.560. The fourth-order valence-electron chi connectivity index (χ4n) is 1.79. The largest absolute Gasteiger partial charge is 0.496 e. The van der Waals surface area contributed by atoms with E-state index >= 15 is 0 Å². The number of aryl methyl sites for hydroxylation is 1. The predicted molar refractivity (Wildman–Crippen MR) is 73.0 cm³/mol. The molecule has 5 nitrogen and oxygen atoms in total. The van der Waals surface area contributed by atoms with Crippen molar-refractivity contribution in [3.05, 3.63) is 29.7 Å². The first-order chi connectivity index (χ1) is 9.24. The van der Waals surface area contributed by atoms with E-state index in [0.29, 0.717) is 18.3 Å². The molecule has 1 aromatic heterocycles. The SMILES string of the molecule is CCCNCc1nc(-c2ccc(C)cc2OC)no1. The van der Waals surface area contributed by atoms with Crippen LogP contribution < -0.4 is 10.1 Å². The smallest absolute Gasteiger partial charge is 0.240 e. The van der Waals surface area contributed by atoms with Crippen LogP contribution in [0, 0.1) is 6.92 Å².